The Bertz CT molecular complexity index is 535. The molecule has 0 spiro atoms. The van der Waals surface area contributed by atoms with Crippen molar-refractivity contribution in [2.45, 2.75) is 11.3 Å². The molecule has 19 heavy (non-hydrogen) atoms. The first-order valence-electron chi connectivity index (χ1n) is 5.48. The molecule has 2 N–H and O–H groups in total. The van der Waals surface area contributed by atoms with Crippen LogP contribution in [-0.2, 0) is 14.8 Å². The van der Waals surface area contributed by atoms with Gasteiger partial charge in [0.25, 0.3) is 0 Å². The van der Waals surface area contributed by atoms with Gasteiger partial charge in [0, 0.05) is 6.54 Å². The molecule has 0 amide bonds. The number of carbonyl (C=O) groups is 1. The topological polar surface area (TPSA) is 92.7 Å². The lowest BCUT2D eigenvalue weighted by Gasteiger charge is -2.06. The molecule has 1 rings (SSSR count). The number of sulfonamides is 1. The highest BCUT2D eigenvalue weighted by atomic mass is 32.2. The Balaban J connectivity index is 2.54. The third-order valence-corrected chi connectivity index (χ3v) is 4.65. The minimum atomic E-state index is -3.81. The van der Waals surface area contributed by atoms with Crippen LogP contribution in [0, 0.1) is 0 Å². The van der Waals surface area contributed by atoms with Crippen LogP contribution < -0.4 is 4.72 Å². The molecule has 0 radical (unpaired) electrons. The summed E-state index contributed by atoms with van der Waals surface area (Å²) in [6.07, 6.45) is 2.40. The normalized spacial score (nSPS) is 11.4. The fraction of sp³-hybridized carbons (Fsp3) is 0.364. The van der Waals surface area contributed by atoms with E-state index >= 15 is 0 Å². The van der Waals surface area contributed by atoms with Crippen molar-refractivity contribution >= 4 is 27.3 Å². The van der Waals surface area contributed by atoms with Crippen LogP contribution in [0.5, 0.6) is 0 Å². The van der Waals surface area contributed by atoms with E-state index in [4.69, 9.17) is 9.84 Å². The van der Waals surface area contributed by atoms with Gasteiger partial charge >= 0.3 is 5.97 Å². The average molecular weight is 305 g/mol. The maximum absolute atomic E-state index is 11.9. The van der Waals surface area contributed by atoms with E-state index in [-0.39, 0.29) is 22.9 Å². The number of hydrogen-bond donors (Lipinski definition) is 2. The minimum absolute atomic E-state index is 0.0916. The Morgan fingerprint density at radius 3 is 2.89 bits per heavy atom. The smallest absolute Gasteiger partial charge is 0.347 e. The molecule has 8 heteroatoms. The van der Waals surface area contributed by atoms with E-state index in [1.807, 2.05) is 0 Å². The van der Waals surface area contributed by atoms with Gasteiger partial charge in [-0.3, -0.25) is 0 Å². The van der Waals surface area contributed by atoms with Crippen LogP contribution >= 0.6 is 11.3 Å². The van der Waals surface area contributed by atoms with Gasteiger partial charge in [0.1, 0.15) is 9.77 Å². The van der Waals surface area contributed by atoms with Crippen LogP contribution in [0.1, 0.15) is 16.1 Å². The zero-order chi connectivity index (χ0) is 14.3. The molecular formula is C11H15NO5S2. The standard InChI is InChI=1S/C11H15NO5S2/c1-2-3-6-17-7-5-12-19(15,16)9-4-8-18-10(9)11(13)14/h2,4,8,12H,1,3,5-7H2,(H,13,14). The molecule has 0 aliphatic rings. The second-order valence-corrected chi connectivity index (χ2v) is 6.16. The highest BCUT2D eigenvalue weighted by Gasteiger charge is 2.23. The molecule has 1 aromatic heterocycles. The molecule has 1 heterocycles. The summed E-state index contributed by atoms with van der Waals surface area (Å²) in [6, 6.07) is 1.27. The predicted octanol–water partition coefficient (Wildman–Crippen LogP) is 1.32. The van der Waals surface area contributed by atoms with Crippen LogP contribution in [0.4, 0.5) is 0 Å². The number of ether oxygens (including phenoxy) is 1. The Morgan fingerprint density at radius 1 is 1.53 bits per heavy atom. The number of hydrogen-bond acceptors (Lipinski definition) is 5. The molecular weight excluding hydrogens is 290 g/mol. The van der Waals surface area contributed by atoms with E-state index in [9.17, 15) is 13.2 Å². The average Bonchev–Trinajstić information content (AvgIpc) is 2.83. The van der Waals surface area contributed by atoms with Gasteiger partial charge in [0.05, 0.1) is 13.2 Å². The van der Waals surface area contributed by atoms with Crippen molar-refractivity contribution in [1.29, 1.82) is 0 Å². The number of rotatable bonds is 9. The first-order chi connectivity index (χ1) is 8.99. The van der Waals surface area contributed by atoms with E-state index in [2.05, 4.69) is 11.3 Å². The number of thiophene rings is 1. The molecule has 0 aromatic carbocycles. The Kier molecular flexibility index (Phi) is 6.16. The van der Waals surface area contributed by atoms with Gasteiger partial charge in [-0.2, -0.15) is 0 Å². The molecule has 0 saturated heterocycles. The number of carboxylic acids is 1. The monoisotopic (exact) mass is 305 g/mol. The van der Waals surface area contributed by atoms with E-state index in [1.54, 1.807) is 6.08 Å². The van der Waals surface area contributed by atoms with Crippen molar-refractivity contribution in [3.05, 3.63) is 29.0 Å². The SMILES string of the molecule is C=CCCOCCNS(=O)(=O)c1ccsc1C(=O)O. The maximum atomic E-state index is 11.9. The molecule has 0 atom stereocenters. The zero-order valence-corrected chi connectivity index (χ0v) is 11.8. The number of nitrogens with one attached hydrogen (secondary N) is 1. The van der Waals surface area contributed by atoms with Crippen LogP contribution in [0.2, 0.25) is 0 Å². The maximum Gasteiger partial charge on any atom is 0.347 e. The first-order valence-corrected chi connectivity index (χ1v) is 7.84. The van der Waals surface area contributed by atoms with Gasteiger partial charge in [-0.25, -0.2) is 17.9 Å². The van der Waals surface area contributed by atoms with E-state index in [0.29, 0.717) is 13.0 Å². The lowest BCUT2D eigenvalue weighted by molar-refractivity contribution is 0.0698. The summed E-state index contributed by atoms with van der Waals surface area (Å²) in [5, 5.41) is 10.3. The van der Waals surface area contributed by atoms with Crippen LogP contribution in [0.3, 0.4) is 0 Å². The van der Waals surface area contributed by atoms with Gasteiger partial charge in [-0.1, -0.05) is 6.08 Å². The summed E-state index contributed by atoms with van der Waals surface area (Å²) in [4.78, 5) is 10.5. The van der Waals surface area contributed by atoms with Gasteiger partial charge < -0.3 is 9.84 Å². The van der Waals surface area contributed by atoms with E-state index < -0.39 is 16.0 Å². The van der Waals surface area contributed by atoms with Gasteiger partial charge in [0.2, 0.25) is 10.0 Å². The van der Waals surface area contributed by atoms with E-state index in [0.717, 1.165) is 11.3 Å². The third kappa shape index (κ3) is 4.75. The van der Waals surface area contributed by atoms with Crippen LogP contribution in [0.25, 0.3) is 0 Å². The lowest BCUT2D eigenvalue weighted by Crippen LogP contribution is -2.28. The highest BCUT2D eigenvalue weighted by molar-refractivity contribution is 7.89. The third-order valence-electron chi connectivity index (χ3n) is 2.12. The summed E-state index contributed by atoms with van der Waals surface area (Å²) in [6.45, 7) is 4.32. The quantitative estimate of drug-likeness (QED) is 0.530. The van der Waals surface area contributed by atoms with Gasteiger partial charge in [-0.15, -0.1) is 17.9 Å². The molecule has 0 bridgehead atoms. The summed E-state index contributed by atoms with van der Waals surface area (Å²) in [7, 11) is -3.81. The summed E-state index contributed by atoms with van der Waals surface area (Å²) >= 11 is 0.874. The Labute approximate surface area is 115 Å². The Morgan fingerprint density at radius 2 is 2.26 bits per heavy atom. The fourth-order valence-corrected chi connectivity index (χ4v) is 3.53. The lowest BCUT2D eigenvalue weighted by atomic mass is 10.5. The van der Waals surface area contributed by atoms with Crippen LogP contribution in [-0.4, -0.2) is 39.3 Å². The predicted molar refractivity (Wildman–Crippen MR) is 72.1 cm³/mol. The van der Waals surface area contributed by atoms with Crippen LogP contribution in [0.15, 0.2) is 29.0 Å². The molecule has 0 aliphatic heterocycles. The van der Waals surface area contributed by atoms with Crippen molar-refractivity contribution in [2.24, 2.45) is 0 Å². The van der Waals surface area contributed by atoms with Crippen molar-refractivity contribution < 1.29 is 23.1 Å². The second kappa shape index (κ2) is 7.39. The van der Waals surface area contributed by atoms with Crippen molar-refractivity contribution in [1.82, 2.24) is 4.72 Å². The summed E-state index contributed by atoms with van der Waals surface area (Å²) < 4.78 is 31.2. The molecule has 106 valence electrons. The first kappa shape index (κ1) is 15.8. The summed E-state index contributed by atoms with van der Waals surface area (Å²) in [5.41, 5.74) is 0. The number of carboxylic acid groups (broad SMARTS) is 1. The molecule has 0 aliphatic carbocycles. The van der Waals surface area contributed by atoms with Crippen molar-refractivity contribution in [2.75, 3.05) is 19.8 Å². The van der Waals surface area contributed by atoms with Crippen molar-refractivity contribution in [3.63, 3.8) is 0 Å². The zero-order valence-electron chi connectivity index (χ0n) is 10.2. The Hall–Kier alpha value is -1.22. The number of aromatic carboxylic acids is 1. The van der Waals surface area contributed by atoms with Gasteiger partial charge in [0.15, 0.2) is 0 Å². The molecule has 6 nitrogen and oxygen atoms in total. The fourth-order valence-electron chi connectivity index (χ4n) is 1.26. The second-order valence-electron chi connectivity index (χ2n) is 3.51. The molecule has 1 aromatic rings. The molecule has 0 unspecified atom stereocenters. The van der Waals surface area contributed by atoms with E-state index in [1.165, 1.54) is 11.4 Å². The largest absolute Gasteiger partial charge is 0.477 e. The van der Waals surface area contributed by atoms with Gasteiger partial charge in [-0.05, 0) is 17.9 Å². The molecule has 0 saturated carbocycles. The molecule has 0 fully saturated rings. The van der Waals surface area contributed by atoms with Crippen molar-refractivity contribution in [3.8, 4) is 0 Å². The highest BCUT2D eigenvalue weighted by Crippen LogP contribution is 2.21. The minimum Gasteiger partial charge on any atom is -0.477 e. The summed E-state index contributed by atoms with van der Waals surface area (Å²) in [5.74, 6) is -1.25.